The van der Waals surface area contributed by atoms with Crippen LogP contribution in [-0.4, -0.2) is 47.3 Å². The van der Waals surface area contributed by atoms with Gasteiger partial charge in [0.15, 0.2) is 0 Å². The van der Waals surface area contributed by atoms with Gasteiger partial charge in [-0.15, -0.1) is 0 Å². The SMILES string of the molecule is C[C@@H]1CN(c2ccccc2NC(=O)N2CCC[C@@H]2c2cccn2C)C[C@@H](C)O1. The second-order valence-electron chi connectivity index (χ2n) is 8.00. The van der Waals surface area contributed by atoms with Crippen LogP contribution in [0.5, 0.6) is 0 Å². The number of urea groups is 1. The lowest BCUT2D eigenvalue weighted by Crippen LogP contribution is -2.46. The zero-order valence-corrected chi connectivity index (χ0v) is 17.0. The van der Waals surface area contributed by atoms with Crippen molar-refractivity contribution in [3.05, 3.63) is 48.3 Å². The van der Waals surface area contributed by atoms with E-state index >= 15 is 0 Å². The first kappa shape index (κ1) is 18.9. The molecular formula is C22H30N4O2. The van der Waals surface area contributed by atoms with Gasteiger partial charge < -0.3 is 24.4 Å². The number of likely N-dealkylation sites (tertiary alicyclic amines) is 1. The molecule has 0 spiro atoms. The molecule has 0 bridgehead atoms. The minimum Gasteiger partial charge on any atom is -0.372 e. The maximum absolute atomic E-state index is 13.2. The van der Waals surface area contributed by atoms with Crippen LogP contribution >= 0.6 is 0 Å². The fourth-order valence-electron chi connectivity index (χ4n) is 4.55. The Morgan fingerprint density at radius 1 is 1.11 bits per heavy atom. The Bertz CT molecular complexity index is 823. The van der Waals surface area contributed by atoms with E-state index in [-0.39, 0.29) is 24.3 Å². The van der Waals surface area contributed by atoms with Gasteiger partial charge in [0.2, 0.25) is 0 Å². The molecule has 6 heteroatoms. The Hall–Kier alpha value is -2.47. The van der Waals surface area contributed by atoms with Crippen LogP contribution < -0.4 is 10.2 Å². The molecule has 2 fully saturated rings. The Balaban J connectivity index is 1.53. The van der Waals surface area contributed by atoms with Gasteiger partial charge in [0, 0.05) is 38.6 Å². The second-order valence-corrected chi connectivity index (χ2v) is 8.00. The highest BCUT2D eigenvalue weighted by atomic mass is 16.5. The van der Waals surface area contributed by atoms with E-state index in [4.69, 9.17) is 4.74 Å². The van der Waals surface area contributed by atoms with Crippen LogP contribution in [0, 0.1) is 0 Å². The molecule has 2 aromatic rings. The van der Waals surface area contributed by atoms with Gasteiger partial charge in [-0.3, -0.25) is 0 Å². The molecule has 1 aromatic heterocycles. The van der Waals surface area contributed by atoms with Gasteiger partial charge in [0.1, 0.15) is 0 Å². The molecule has 2 aliphatic heterocycles. The van der Waals surface area contributed by atoms with Crippen molar-refractivity contribution < 1.29 is 9.53 Å². The summed E-state index contributed by atoms with van der Waals surface area (Å²) in [5.41, 5.74) is 3.12. The number of carbonyl (C=O) groups excluding carboxylic acids is 1. The van der Waals surface area contributed by atoms with E-state index < -0.39 is 0 Å². The lowest BCUT2D eigenvalue weighted by atomic mass is 10.1. The van der Waals surface area contributed by atoms with E-state index in [0.717, 1.165) is 43.9 Å². The maximum Gasteiger partial charge on any atom is 0.322 e. The summed E-state index contributed by atoms with van der Waals surface area (Å²) in [7, 11) is 2.04. The standard InChI is InChI=1S/C22H30N4O2/c1-16-14-25(15-17(2)28-16)19-9-5-4-8-18(19)23-22(27)26-13-7-11-21(26)20-10-6-12-24(20)3/h4-6,8-10,12,16-17,21H,7,11,13-15H2,1-3H3,(H,23,27)/t16-,17-,21-/m1/s1. The summed E-state index contributed by atoms with van der Waals surface area (Å²) in [6, 6.07) is 12.3. The van der Waals surface area contributed by atoms with Gasteiger partial charge >= 0.3 is 6.03 Å². The lowest BCUT2D eigenvalue weighted by Gasteiger charge is -2.38. The van der Waals surface area contributed by atoms with Crippen molar-refractivity contribution in [2.45, 2.75) is 44.9 Å². The first-order valence-corrected chi connectivity index (χ1v) is 10.2. The molecule has 1 N–H and O–H groups in total. The number of anilines is 2. The van der Waals surface area contributed by atoms with Crippen LogP contribution in [-0.2, 0) is 11.8 Å². The summed E-state index contributed by atoms with van der Waals surface area (Å²) >= 11 is 0. The fraction of sp³-hybridized carbons (Fsp3) is 0.500. The number of amides is 2. The zero-order valence-electron chi connectivity index (χ0n) is 17.0. The number of hydrogen-bond acceptors (Lipinski definition) is 3. The van der Waals surface area contributed by atoms with Crippen LogP contribution in [0.4, 0.5) is 16.2 Å². The minimum atomic E-state index is -0.0227. The van der Waals surface area contributed by atoms with Crippen molar-refractivity contribution in [3.8, 4) is 0 Å². The summed E-state index contributed by atoms with van der Waals surface area (Å²) in [5, 5.41) is 3.19. The summed E-state index contributed by atoms with van der Waals surface area (Å²) in [6.45, 7) is 6.63. The van der Waals surface area contributed by atoms with Crippen LogP contribution in [0.25, 0.3) is 0 Å². The molecule has 0 unspecified atom stereocenters. The third-order valence-corrected chi connectivity index (χ3v) is 5.74. The number of aromatic nitrogens is 1. The first-order chi connectivity index (χ1) is 13.5. The highest BCUT2D eigenvalue weighted by Crippen LogP contribution is 2.34. The molecule has 2 saturated heterocycles. The van der Waals surface area contributed by atoms with E-state index in [1.165, 1.54) is 5.69 Å². The molecule has 2 aliphatic rings. The summed E-state index contributed by atoms with van der Waals surface area (Å²) in [6.07, 6.45) is 4.43. The molecule has 1 aromatic carbocycles. The number of nitrogens with zero attached hydrogens (tertiary/aromatic N) is 3. The minimum absolute atomic E-state index is 0.0227. The van der Waals surface area contributed by atoms with E-state index in [2.05, 4.69) is 40.8 Å². The highest BCUT2D eigenvalue weighted by molar-refractivity contribution is 5.93. The average Bonchev–Trinajstić information content (AvgIpc) is 3.29. The number of ether oxygens (including phenoxy) is 1. The monoisotopic (exact) mass is 382 g/mol. The molecule has 3 heterocycles. The molecule has 0 aliphatic carbocycles. The van der Waals surface area contributed by atoms with Gasteiger partial charge in [0.25, 0.3) is 0 Å². The largest absolute Gasteiger partial charge is 0.372 e. The molecule has 2 amide bonds. The zero-order chi connectivity index (χ0) is 19.7. The van der Waals surface area contributed by atoms with Crippen LogP contribution in [0.15, 0.2) is 42.6 Å². The van der Waals surface area contributed by atoms with Crippen molar-refractivity contribution in [2.24, 2.45) is 7.05 Å². The van der Waals surface area contributed by atoms with Gasteiger partial charge in [-0.05, 0) is 51.0 Å². The molecule has 0 radical (unpaired) electrons. The number of carbonyl (C=O) groups is 1. The number of hydrogen-bond donors (Lipinski definition) is 1. The summed E-state index contributed by atoms with van der Waals surface area (Å²) in [4.78, 5) is 17.4. The molecule has 0 saturated carbocycles. The van der Waals surface area contributed by atoms with Gasteiger partial charge in [-0.25, -0.2) is 4.79 Å². The number of morpholine rings is 1. The Morgan fingerprint density at radius 2 is 1.86 bits per heavy atom. The quantitative estimate of drug-likeness (QED) is 0.873. The highest BCUT2D eigenvalue weighted by Gasteiger charge is 2.32. The summed E-state index contributed by atoms with van der Waals surface area (Å²) < 4.78 is 7.98. The number of aryl methyl sites for hydroxylation is 1. The van der Waals surface area contributed by atoms with Crippen LogP contribution in [0.3, 0.4) is 0 Å². The summed E-state index contributed by atoms with van der Waals surface area (Å²) in [5.74, 6) is 0. The Morgan fingerprint density at radius 3 is 2.57 bits per heavy atom. The molecule has 150 valence electrons. The third-order valence-electron chi connectivity index (χ3n) is 5.74. The lowest BCUT2D eigenvalue weighted by molar-refractivity contribution is -0.00517. The van der Waals surface area contributed by atoms with Crippen molar-refractivity contribution in [1.82, 2.24) is 9.47 Å². The number of para-hydroxylation sites is 2. The molecule has 3 atom stereocenters. The maximum atomic E-state index is 13.2. The molecule has 4 rings (SSSR count). The third kappa shape index (κ3) is 3.74. The van der Waals surface area contributed by atoms with E-state index in [0.29, 0.717) is 0 Å². The van der Waals surface area contributed by atoms with Gasteiger partial charge in [-0.2, -0.15) is 0 Å². The smallest absolute Gasteiger partial charge is 0.322 e. The topological polar surface area (TPSA) is 49.7 Å². The number of nitrogens with one attached hydrogen (secondary N) is 1. The van der Waals surface area contributed by atoms with Crippen molar-refractivity contribution in [2.75, 3.05) is 29.9 Å². The number of benzene rings is 1. The number of rotatable bonds is 3. The van der Waals surface area contributed by atoms with Gasteiger partial charge in [0.05, 0.1) is 29.6 Å². The molecule has 6 nitrogen and oxygen atoms in total. The normalized spacial score (nSPS) is 25.2. The first-order valence-electron chi connectivity index (χ1n) is 10.2. The Kier molecular flexibility index (Phi) is 5.31. The van der Waals surface area contributed by atoms with E-state index in [1.54, 1.807) is 0 Å². The van der Waals surface area contributed by atoms with E-state index in [1.807, 2.05) is 42.4 Å². The molecular weight excluding hydrogens is 352 g/mol. The predicted octanol–water partition coefficient (Wildman–Crippen LogP) is 4.01. The van der Waals surface area contributed by atoms with Crippen LogP contribution in [0.1, 0.15) is 38.4 Å². The fourth-order valence-corrected chi connectivity index (χ4v) is 4.55. The van der Waals surface area contributed by atoms with Crippen molar-refractivity contribution in [3.63, 3.8) is 0 Å². The molecule has 28 heavy (non-hydrogen) atoms. The van der Waals surface area contributed by atoms with Crippen LogP contribution in [0.2, 0.25) is 0 Å². The van der Waals surface area contributed by atoms with Crippen molar-refractivity contribution >= 4 is 17.4 Å². The van der Waals surface area contributed by atoms with E-state index in [9.17, 15) is 4.79 Å². The second kappa shape index (κ2) is 7.87. The van der Waals surface area contributed by atoms with Gasteiger partial charge in [-0.1, -0.05) is 12.1 Å². The predicted molar refractivity (Wildman–Crippen MR) is 112 cm³/mol. The van der Waals surface area contributed by atoms with Crippen molar-refractivity contribution in [1.29, 1.82) is 0 Å². The Labute approximate surface area is 167 Å². The average molecular weight is 383 g/mol.